The van der Waals surface area contributed by atoms with Gasteiger partial charge in [0.1, 0.15) is 29.4 Å². The van der Waals surface area contributed by atoms with Crippen LogP contribution < -0.4 is 11.3 Å². The number of phenols is 1. The Labute approximate surface area is 210 Å². The lowest BCUT2D eigenvalue weighted by Crippen LogP contribution is -2.25. The van der Waals surface area contributed by atoms with Gasteiger partial charge in [0.05, 0.1) is 23.0 Å². The summed E-state index contributed by atoms with van der Waals surface area (Å²) < 4.78 is 18.0. The zero-order valence-corrected chi connectivity index (χ0v) is 19.8. The second-order valence-electron chi connectivity index (χ2n) is 8.78. The Balaban J connectivity index is 1.63. The minimum absolute atomic E-state index is 0.0777. The second-order valence-corrected chi connectivity index (χ2v) is 8.78. The van der Waals surface area contributed by atoms with Gasteiger partial charge in [-0.05, 0) is 48.2 Å². The van der Waals surface area contributed by atoms with Crippen LogP contribution >= 0.6 is 0 Å². The molecule has 0 amide bonds. The number of halogens is 1. The lowest BCUT2D eigenvalue weighted by atomic mass is 10.1. The maximum atomic E-state index is 15.0. The number of aryl methyl sites for hydroxylation is 1. The maximum absolute atomic E-state index is 15.0. The summed E-state index contributed by atoms with van der Waals surface area (Å²) in [6, 6.07) is 20.3. The zero-order valence-electron chi connectivity index (χ0n) is 19.8. The van der Waals surface area contributed by atoms with Gasteiger partial charge in [-0.15, -0.1) is 0 Å². The van der Waals surface area contributed by atoms with E-state index in [1.807, 2.05) is 31.2 Å². The van der Waals surface area contributed by atoms with E-state index in [0.717, 1.165) is 10.9 Å². The predicted octanol–water partition coefficient (Wildman–Crippen LogP) is 4.58. The quantitative estimate of drug-likeness (QED) is 0.373. The largest absolute Gasteiger partial charge is 0.508 e. The Hall–Kier alpha value is -5.05. The van der Waals surface area contributed by atoms with Crippen LogP contribution in [0.25, 0.3) is 38.8 Å². The van der Waals surface area contributed by atoms with Crippen molar-refractivity contribution in [2.75, 3.05) is 5.73 Å². The van der Waals surface area contributed by atoms with E-state index in [9.17, 15) is 9.90 Å². The van der Waals surface area contributed by atoms with Crippen LogP contribution in [0, 0.1) is 12.7 Å². The minimum Gasteiger partial charge on any atom is -0.508 e. The van der Waals surface area contributed by atoms with Gasteiger partial charge in [0.15, 0.2) is 5.65 Å². The van der Waals surface area contributed by atoms with E-state index in [2.05, 4.69) is 9.97 Å². The normalized spacial score (nSPS) is 11.4. The van der Waals surface area contributed by atoms with Crippen molar-refractivity contribution in [2.45, 2.75) is 13.5 Å². The third kappa shape index (κ3) is 3.68. The van der Waals surface area contributed by atoms with E-state index in [1.54, 1.807) is 47.1 Å². The van der Waals surface area contributed by atoms with Crippen molar-refractivity contribution in [3.63, 3.8) is 0 Å². The number of hydrogen-bond donors (Lipinski definition) is 2. The van der Waals surface area contributed by atoms with Crippen molar-refractivity contribution in [2.24, 2.45) is 0 Å². The molecule has 3 aromatic carbocycles. The number of phenolic OH excluding ortho intramolecular Hbond substituents is 1. The molecule has 0 aliphatic heterocycles. The molecule has 182 valence electrons. The van der Waals surface area contributed by atoms with Gasteiger partial charge in [0, 0.05) is 11.3 Å². The van der Waals surface area contributed by atoms with E-state index in [0.29, 0.717) is 33.4 Å². The lowest BCUT2D eigenvalue weighted by molar-refractivity contribution is 0.475. The molecule has 0 aliphatic rings. The first-order valence-electron chi connectivity index (χ1n) is 11.6. The molecule has 3 aromatic heterocycles. The standard InChI is InChI=1S/C28H21FN6O2/c1-16-6-4-7-17-12-19(35(28(37)23(16)17)22-11-3-2-10-21(22)29)14-34-27-24(26(30)31-15-32-27)25(33-34)18-8-5-9-20(36)13-18/h2-13,15,36H,14H2,1H3,(H2,30,31,32). The molecule has 0 saturated heterocycles. The van der Waals surface area contributed by atoms with Crippen molar-refractivity contribution >= 4 is 27.6 Å². The number of hydrogen-bond acceptors (Lipinski definition) is 6. The highest BCUT2D eigenvalue weighted by molar-refractivity contribution is 5.98. The predicted molar refractivity (Wildman–Crippen MR) is 140 cm³/mol. The Morgan fingerprint density at radius 2 is 1.78 bits per heavy atom. The van der Waals surface area contributed by atoms with Crippen molar-refractivity contribution in [1.29, 1.82) is 0 Å². The van der Waals surface area contributed by atoms with Gasteiger partial charge in [0.2, 0.25) is 0 Å². The lowest BCUT2D eigenvalue weighted by Gasteiger charge is -2.16. The zero-order chi connectivity index (χ0) is 25.7. The third-order valence-electron chi connectivity index (χ3n) is 6.41. The van der Waals surface area contributed by atoms with Crippen molar-refractivity contribution in [1.82, 2.24) is 24.3 Å². The van der Waals surface area contributed by atoms with Crippen molar-refractivity contribution in [3.05, 3.63) is 107 Å². The van der Waals surface area contributed by atoms with Crippen LogP contribution in [-0.2, 0) is 6.54 Å². The van der Waals surface area contributed by atoms with E-state index >= 15 is 4.39 Å². The minimum atomic E-state index is -0.517. The molecule has 0 aliphatic carbocycles. The summed E-state index contributed by atoms with van der Waals surface area (Å²) in [5.74, 6) is -0.208. The number of nitrogens with two attached hydrogens (primary N) is 1. The number of fused-ring (bicyclic) bond motifs is 2. The van der Waals surface area contributed by atoms with Gasteiger partial charge in [0.25, 0.3) is 5.56 Å². The molecule has 0 unspecified atom stereocenters. The van der Waals surface area contributed by atoms with Crippen molar-refractivity contribution in [3.8, 4) is 22.7 Å². The summed E-state index contributed by atoms with van der Waals surface area (Å²) in [6.45, 7) is 1.95. The monoisotopic (exact) mass is 492 g/mol. The summed E-state index contributed by atoms with van der Waals surface area (Å²) in [6.07, 6.45) is 1.34. The number of benzene rings is 3. The molecular weight excluding hydrogens is 471 g/mol. The fourth-order valence-electron chi connectivity index (χ4n) is 4.75. The molecule has 3 N–H and O–H groups in total. The van der Waals surface area contributed by atoms with Crippen LogP contribution in [0.4, 0.5) is 10.2 Å². The highest BCUT2D eigenvalue weighted by Crippen LogP contribution is 2.32. The summed E-state index contributed by atoms with van der Waals surface area (Å²) in [7, 11) is 0. The molecule has 6 rings (SSSR count). The van der Waals surface area contributed by atoms with Crippen LogP contribution in [0.5, 0.6) is 5.75 Å². The fourth-order valence-corrected chi connectivity index (χ4v) is 4.75. The molecule has 3 heterocycles. The number of aromatic nitrogens is 5. The molecule has 0 atom stereocenters. The molecule has 8 nitrogen and oxygen atoms in total. The number of nitrogen functional groups attached to an aromatic ring is 1. The molecule has 6 aromatic rings. The molecule has 0 fully saturated rings. The SMILES string of the molecule is Cc1cccc2cc(Cn3nc(-c4cccc(O)c4)c4c(N)ncnc43)n(-c3ccccc3F)c(=O)c12. The van der Waals surface area contributed by atoms with Crippen LogP contribution in [0.2, 0.25) is 0 Å². The average molecular weight is 493 g/mol. The molecule has 9 heteroatoms. The molecule has 37 heavy (non-hydrogen) atoms. The van der Waals surface area contributed by atoms with Gasteiger partial charge in [-0.25, -0.2) is 19.0 Å². The number of anilines is 1. The molecule has 0 spiro atoms. The summed E-state index contributed by atoms with van der Waals surface area (Å²) in [4.78, 5) is 22.3. The van der Waals surface area contributed by atoms with E-state index in [-0.39, 0.29) is 29.4 Å². The first-order chi connectivity index (χ1) is 17.9. The first-order valence-corrected chi connectivity index (χ1v) is 11.6. The Bertz CT molecular complexity index is 1890. The molecule has 0 saturated carbocycles. The van der Waals surface area contributed by atoms with Crippen molar-refractivity contribution < 1.29 is 9.50 Å². The van der Waals surface area contributed by atoms with Crippen LogP contribution in [0.1, 0.15) is 11.3 Å². The topological polar surface area (TPSA) is 112 Å². The maximum Gasteiger partial charge on any atom is 0.263 e. The Kier molecular flexibility index (Phi) is 5.19. The van der Waals surface area contributed by atoms with E-state index in [4.69, 9.17) is 10.8 Å². The highest BCUT2D eigenvalue weighted by Gasteiger charge is 2.21. The fraction of sp³-hybridized carbons (Fsp3) is 0.0714. The van der Waals surface area contributed by atoms with Gasteiger partial charge >= 0.3 is 0 Å². The third-order valence-corrected chi connectivity index (χ3v) is 6.41. The second kappa shape index (κ2) is 8.56. The van der Waals surface area contributed by atoms with Crippen LogP contribution in [0.15, 0.2) is 83.9 Å². The van der Waals surface area contributed by atoms with Gasteiger partial charge in [-0.2, -0.15) is 5.10 Å². The molecule has 0 radical (unpaired) electrons. The number of para-hydroxylation sites is 1. The summed E-state index contributed by atoms with van der Waals surface area (Å²) >= 11 is 0. The first kappa shape index (κ1) is 22.4. The Morgan fingerprint density at radius 1 is 0.973 bits per heavy atom. The smallest absolute Gasteiger partial charge is 0.263 e. The number of rotatable bonds is 4. The number of aromatic hydroxyl groups is 1. The van der Waals surface area contributed by atoms with Gasteiger partial charge < -0.3 is 10.8 Å². The summed E-state index contributed by atoms with van der Waals surface area (Å²) in [5.41, 5.74) is 8.92. The Morgan fingerprint density at radius 3 is 2.59 bits per heavy atom. The van der Waals surface area contributed by atoms with E-state index in [1.165, 1.54) is 17.0 Å². The number of pyridine rings is 1. The van der Waals surface area contributed by atoms with E-state index < -0.39 is 5.82 Å². The van der Waals surface area contributed by atoms with Crippen LogP contribution in [0.3, 0.4) is 0 Å². The van der Waals surface area contributed by atoms with Gasteiger partial charge in [-0.1, -0.05) is 42.5 Å². The number of nitrogens with zero attached hydrogens (tertiary/aromatic N) is 5. The average Bonchev–Trinajstić information content (AvgIpc) is 3.25. The molecular formula is C28H21FN6O2. The van der Waals surface area contributed by atoms with Gasteiger partial charge in [-0.3, -0.25) is 9.36 Å². The molecule has 0 bridgehead atoms. The van der Waals surface area contributed by atoms with Crippen LogP contribution in [-0.4, -0.2) is 29.4 Å². The summed E-state index contributed by atoms with van der Waals surface area (Å²) in [5, 5.41) is 16.6. The highest BCUT2D eigenvalue weighted by atomic mass is 19.1.